The highest BCUT2D eigenvalue weighted by Gasteiger charge is 2.31. The fourth-order valence-corrected chi connectivity index (χ4v) is 4.71. The van der Waals surface area contributed by atoms with Crippen molar-refractivity contribution >= 4 is 8.15 Å². The summed E-state index contributed by atoms with van der Waals surface area (Å²) in [6.07, 6.45) is 7.36. The standard InChI is InChI=1S/C11H21OP/c1-4-7-11-9-13(12-6-3)8-10(11)5-2/h5,10-11H,2,4,6-9H2,1,3H3. The van der Waals surface area contributed by atoms with Gasteiger partial charge in [0.15, 0.2) is 0 Å². The van der Waals surface area contributed by atoms with E-state index in [1.165, 1.54) is 25.2 Å². The zero-order chi connectivity index (χ0) is 9.68. The summed E-state index contributed by atoms with van der Waals surface area (Å²) in [5.74, 6) is 1.60. The fourth-order valence-electron chi connectivity index (χ4n) is 2.09. The Kier molecular flexibility index (Phi) is 4.98. The summed E-state index contributed by atoms with van der Waals surface area (Å²) in [6.45, 7) is 9.17. The Balaban J connectivity index is 2.40. The predicted octanol–water partition coefficient (Wildman–Crippen LogP) is 3.65. The van der Waals surface area contributed by atoms with Gasteiger partial charge in [0.2, 0.25) is 0 Å². The molecule has 0 aromatic rings. The Morgan fingerprint density at radius 1 is 1.46 bits per heavy atom. The highest BCUT2D eigenvalue weighted by Crippen LogP contribution is 2.51. The second-order valence-corrected chi connectivity index (χ2v) is 5.67. The van der Waals surface area contributed by atoms with Crippen molar-refractivity contribution in [3.05, 3.63) is 12.7 Å². The summed E-state index contributed by atoms with van der Waals surface area (Å²) in [5, 5.41) is 0. The van der Waals surface area contributed by atoms with Crippen molar-refractivity contribution in [2.75, 3.05) is 18.9 Å². The van der Waals surface area contributed by atoms with Crippen LogP contribution >= 0.6 is 8.15 Å². The van der Waals surface area contributed by atoms with E-state index in [2.05, 4.69) is 26.5 Å². The topological polar surface area (TPSA) is 9.23 Å². The lowest BCUT2D eigenvalue weighted by Crippen LogP contribution is -2.08. The van der Waals surface area contributed by atoms with Crippen LogP contribution in [0.4, 0.5) is 0 Å². The molecular weight excluding hydrogens is 179 g/mol. The molecule has 0 amide bonds. The summed E-state index contributed by atoms with van der Waals surface area (Å²) >= 11 is 0. The van der Waals surface area contributed by atoms with Gasteiger partial charge in [-0.2, -0.15) is 0 Å². The number of allylic oxidation sites excluding steroid dienone is 1. The van der Waals surface area contributed by atoms with E-state index in [0.717, 1.165) is 18.4 Å². The van der Waals surface area contributed by atoms with Crippen molar-refractivity contribution in [2.45, 2.75) is 26.7 Å². The molecule has 1 aliphatic rings. The first kappa shape index (κ1) is 11.2. The molecule has 2 heteroatoms. The third-order valence-electron chi connectivity index (χ3n) is 2.73. The Morgan fingerprint density at radius 2 is 2.23 bits per heavy atom. The summed E-state index contributed by atoms with van der Waals surface area (Å²) in [6, 6.07) is 0. The van der Waals surface area contributed by atoms with Gasteiger partial charge in [-0.15, -0.1) is 6.58 Å². The summed E-state index contributed by atoms with van der Waals surface area (Å²) < 4.78 is 5.73. The zero-order valence-corrected chi connectivity index (χ0v) is 9.72. The molecule has 1 heterocycles. The van der Waals surface area contributed by atoms with Crippen LogP contribution in [0.3, 0.4) is 0 Å². The molecular formula is C11H21OP. The third-order valence-corrected chi connectivity index (χ3v) is 5.06. The van der Waals surface area contributed by atoms with Crippen LogP contribution in [0.2, 0.25) is 0 Å². The van der Waals surface area contributed by atoms with Crippen molar-refractivity contribution in [3.8, 4) is 0 Å². The molecule has 3 unspecified atom stereocenters. The molecule has 13 heavy (non-hydrogen) atoms. The highest BCUT2D eigenvalue weighted by molar-refractivity contribution is 7.52. The Morgan fingerprint density at radius 3 is 2.77 bits per heavy atom. The maximum atomic E-state index is 5.73. The molecule has 1 saturated heterocycles. The lowest BCUT2D eigenvalue weighted by atomic mass is 9.92. The summed E-state index contributed by atoms with van der Waals surface area (Å²) in [5.41, 5.74) is 0. The molecule has 0 aromatic carbocycles. The Bertz CT molecular complexity index is 158. The minimum absolute atomic E-state index is 0.112. The van der Waals surface area contributed by atoms with E-state index in [0.29, 0.717) is 0 Å². The van der Waals surface area contributed by atoms with Crippen molar-refractivity contribution in [1.82, 2.24) is 0 Å². The molecule has 1 nitrogen and oxygen atoms in total. The van der Waals surface area contributed by atoms with E-state index in [1.54, 1.807) is 0 Å². The molecule has 0 spiro atoms. The van der Waals surface area contributed by atoms with Gasteiger partial charge in [-0.3, -0.25) is 0 Å². The van der Waals surface area contributed by atoms with E-state index >= 15 is 0 Å². The normalized spacial score (nSPS) is 33.5. The van der Waals surface area contributed by atoms with Crippen molar-refractivity contribution in [1.29, 1.82) is 0 Å². The Hall–Kier alpha value is 0.130. The first-order valence-electron chi connectivity index (χ1n) is 5.32. The van der Waals surface area contributed by atoms with Gasteiger partial charge in [0, 0.05) is 14.8 Å². The lowest BCUT2D eigenvalue weighted by Gasteiger charge is -2.12. The van der Waals surface area contributed by atoms with Crippen LogP contribution in [0, 0.1) is 11.8 Å². The molecule has 0 radical (unpaired) electrons. The smallest absolute Gasteiger partial charge is 0.0480 e. The lowest BCUT2D eigenvalue weighted by molar-refractivity contribution is 0.379. The fraction of sp³-hybridized carbons (Fsp3) is 0.818. The number of hydrogen-bond acceptors (Lipinski definition) is 1. The average Bonchev–Trinajstić information content (AvgIpc) is 2.49. The zero-order valence-electron chi connectivity index (χ0n) is 8.83. The molecule has 1 rings (SSSR count). The Labute approximate surface area is 83.4 Å². The van der Waals surface area contributed by atoms with Crippen LogP contribution in [-0.2, 0) is 4.52 Å². The first-order chi connectivity index (χ1) is 6.31. The molecule has 76 valence electrons. The maximum Gasteiger partial charge on any atom is 0.0480 e. The number of hydrogen-bond donors (Lipinski definition) is 0. The molecule has 0 saturated carbocycles. The maximum absolute atomic E-state index is 5.73. The molecule has 1 fully saturated rings. The van der Waals surface area contributed by atoms with E-state index in [4.69, 9.17) is 4.52 Å². The van der Waals surface area contributed by atoms with Crippen molar-refractivity contribution in [2.24, 2.45) is 11.8 Å². The van der Waals surface area contributed by atoms with Gasteiger partial charge in [0.05, 0.1) is 0 Å². The van der Waals surface area contributed by atoms with Crippen LogP contribution < -0.4 is 0 Å². The van der Waals surface area contributed by atoms with Crippen LogP contribution in [-0.4, -0.2) is 18.9 Å². The highest BCUT2D eigenvalue weighted by atomic mass is 31.1. The molecule has 3 atom stereocenters. The van der Waals surface area contributed by atoms with Crippen LogP contribution in [0.5, 0.6) is 0 Å². The van der Waals surface area contributed by atoms with E-state index in [-0.39, 0.29) is 8.15 Å². The van der Waals surface area contributed by atoms with Crippen LogP contribution in [0.1, 0.15) is 26.7 Å². The van der Waals surface area contributed by atoms with Gasteiger partial charge in [0.25, 0.3) is 0 Å². The monoisotopic (exact) mass is 200 g/mol. The minimum atomic E-state index is -0.112. The van der Waals surface area contributed by atoms with E-state index < -0.39 is 0 Å². The second-order valence-electron chi connectivity index (χ2n) is 3.71. The molecule has 0 aliphatic carbocycles. The van der Waals surface area contributed by atoms with Gasteiger partial charge in [-0.25, -0.2) is 0 Å². The quantitative estimate of drug-likeness (QED) is 0.486. The molecule has 0 N–H and O–H groups in total. The first-order valence-corrected chi connectivity index (χ1v) is 6.95. The molecule has 1 aliphatic heterocycles. The number of rotatable bonds is 5. The van der Waals surface area contributed by atoms with Crippen LogP contribution in [0.25, 0.3) is 0 Å². The van der Waals surface area contributed by atoms with Crippen LogP contribution in [0.15, 0.2) is 12.7 Å². The third kappa shape index (κ3) is 3.07. The average molecular weight is 200 g/mol. The van der Waals surface area contributed by atoms with Crippen molar-refractivity contribution in [3.63, 3.8) is 0 Å². The summed E-state index contributed by atoms with van der Waals surface area (Å²) in [7, 11) is -0.112. The van der Waals surface area contributed by atoms with Gasteiger partial charge in [0.1, 0.15) is 0 Å². The molecule has 0 bridgehead atoms. The van der Waals surface area contributed by atoms with Gasteiger partial charge in [-0.1, -0.05) is 19.4 Å². The summed E-state index contributed by atoms with van der Waals surface area (Å²) in [4.78, 5) is 0. The second kappa shape index (κ2) is 5.78. The minimum Gasteiger partial charge on any atom is -0.359 e. The van der Waals surface area contributed by atoms with Gasteiger partial charge >= 0.3 is 0 Å². The van der Waals surface area contributed by atoms with Gasteiger partial charge in [-0.05, 0) is 37.5 Å². The van der Waals surface area contributed by atoms with E-state index in [1.807, 2.05) is 0 Å². The molecule has 0 aromatic heterocycles. The SMILES string of the molecule is C=CC1CP(OCC)CC1CCC. The van der Waals surface area contributed by atoms with Crippen molar-refractivity contribution < 1.29 is 4.52 Å². The predicted molar refractivity (Wildman–Crippen MR) is 60.4 cm³/mol. The van der Waals surface area contributed by atoms with E-state index in [9.17, 15) is 0 Å². The largest absolute Gasteiger partial charge is 0.359 e. The van der Waals surface area contributed by atoms with Gasteiger partial charge < -0.3 is 4.52 Å².